The van der Waals surface area contributed by atoms with Crippen molar-refractivity contribution in [3.05, 3.63) is 65.2 Å². The molecule has 8 heteroatoms. The maximum atomic E-state index is 14.0. The molecule has 1 aromatic heterocycles. The number of nitriles is 1. The first-order chi connectivity index (χ1) is 13.6. The number of benzene rings is 2. The molecule has 2 aromatic carbocycles. The van der Waals surface area contributed by atoms with Crippen molar-refractivity contribution in [2.24, 2.45) is 4.99 Å². The van der Waals surface area contributed by atoms with Gasteiger partial charge in [0.05, 0.1) is 22.7 Å². The van der Waals surface area contributed by atoms with E-state index in [0.717, 1.165) is 36.4 Å². The van der Waals surface area contributed by atoms with Gasteiger partial charge in [-0.15, -0.1) is 24.0 Å². The summed E-state index contributed by atoms with van der Waals surface area (Å²) >= 11 is 0. The first-order valence-corrected chi connectivity index (χ1v) is 9.17. The van der Waals surface area contributed by atoms with E-state index >= 15 is 0 Å². The Kier molecular flexibility index (Phi) is 8.39. The average Bonchev–Trinajstić information content (AvgIpc) is 3.03. The molecule has 1 heterocycles. The van der Waals surface area contributed by atoms with Crippen LogP contribution in [0, 0.1) is 24.1 Å². The molecule has 3 rings (SSSR count). The van der Waals surface area contributed by atoms with Gasteiger partial charge in [-0.1, -0.05) is 18.2 Å². The molecule has 0 atom stereocenters. The number of aliphatic imine (C=N–C) groups is 1. The Hall–Kier alpha value is -2.67. The Morgan fingerprint density at radius 3 is 2.76 bits per heavy atom. The van der Waals surface area contributed by atoms with Crippen LogP contribution in [0.15, 0.2) is 47.5 Å². The second-order valence-corrected chi connectivity index (χ2v) is 6.42. The van der Waals surface area contributed by atoms with Crippen LogP contribution in [0.4, 0.5) is 4.39 Å². The standard InChI is InChI=1S/C21H23FN6.HI/c1-15-27-19-6-3-4-7-20(19)28(15)11-5-10-25-21(24-2)26-14-17-9-8-16(13-23)12-18(17)22;/h3-4,6-9,12H,5,10-11,14H2,1-2H3,(H2,24,25,26);1H. The van der Waals surface area contributed by atoms with Gasteiger partial charge in [0.25, 0.3) is 0 Å². The van der Waals surface area contributed by atoms with Crippen molar-refractivity contribution in [1.29, 1.82) is 5.26 Å². The van der Waals surface area contributed by atoms with Crippen LogP contribution in [0.1, 0.15) is 23.4 Å². The van der Waals surface area contributed by atoms with Gasteiger partial charge in [0.15, 0.2) is 5.96 Å². The van der Waals surface area contributed by atoms with Gasteiger partial charge in [-0.3, -0.25) is 4.99 Å². The molecule has 0 aliphatic carbocycles. The lowest BCUT2D eigenvalue weighted by Gasteiger charge is -2.13. The summed E-state index contributed by atoms with van der Waals surface area (Å²) in [6.07, 6.45) is 0.896. The number of fused-ring (bicyclic) bond motifs is 1. The highest BCUT2D eigenvalue weighted by Gasteiger charge is 2.07. The summed E-state index contributed by atoms with van der Waals surface area (Å²) in [6, 6.07) is 14.5. The van der Waals surface area contributed by atoms with E-state index in [4.69, 9.17) is 5.26 Å². The number of hydrogen-bond acceptors (Lipinski definition) is 3. The van der Waals surface area contributed by atoms with Crippen molar-refractivity contribution in [1.82, 2.24) is 20.2 Å². The summed E-state index contributed by atoms with van der Waals surface area (Å²) < 4.78 is 16.2. The number of guanidine groups is 1. The molecular formula is C21H24FIN6. The zero-order chi connectivity index (χ0) is 19.9. The summed E-state index contributed by atoms with van der Waals surface area (Å²) in [5.74, 6) is 1.21. The number of imidazole rings is 1. The minimum atomic E-state index is -0.399. The van der Waals surface area contributed by atoms with Gasteiger partial charge in [-0.05, 0) is 37.6 Å². The van der Waals surface area contributed by atoms with Crippen LogP contribution < -0.4 is 10.6 Å². The Morgan fingerprint density at radius 1 is 1.24 bits per heavy atom. The fourth-order valence-electron chi connectivity index (χ4n) is 3.08. The molecule has 0 radical (unpaired) electrons. The zero-order valence-electron chi connectivity index (χ0n) is 16.4. The van der Waals surface area contributed by atoms with Gasteiger partial charge in [0, 0.05) is 32.2 Å². The number of nitrogens with one attached hydrogen (secondary N) is 2. The minimum Gasteiger partial charge on any atom is -0.356 e. The lowest BCUT2D eigenvalue weighted by atomic mass is 10.1. The Morgan fingerprint density at radius 2 is 2.03 bits per heavy atom. The summed E-state index contributed by atoms with van der Waals surface area (Å²) in [7, 11) is 1.68. The van der Waals surface area contributed by atoms with Gasteiger partial charge in [0.2, 0.25) is 0 Å². The van der Waals surface area contributed by atoms with E-state index in [2.05, 4.69) is 31.2 Å². The third-order valence-corrected chi connectivity index (χ3v) is 4.55. The van der Waals surface area contributed by atoms with Gasteiger partial charge in [0.1, 0.15) is 11.6 Å². The number of halogens is 2. The summed E-state index contributed by atoms with van der Waals surface area (Å²) in [4.78, 5) is 8.75. The first kappa shape index (κ1) is 22.6. The van der Waals surface area contributed by atoms with E-state index in [1.54, 1.807) is 19.2 Å². The van der Waals surface area contributed by atoms with Crippen LogP contribution in [0.2, 0.25) is 0 Å². The molecule has 0 saturated carbocycles. The van der Waals surface area contributed by atoms with Gasteiger partial charge < -0.3 is 15.2 Å². The van der Waals surface area contributed by atoms with Crippen LogP contribution >= 0.6 is 24.0 Å². The van der Waals surface area contributed by atoms with E-state index in [1.165, 1.54) is 6.07 Å². The number of nitrogens with zero attached hydrogens (tertiary/aromatic N) is 4. The summed E-state index contributed by atoms with van der Waals surface area (Å²) in [6.45, 7) is 3.88. The number of aryl methyl sites for hydroxylation is 2. The molecule has 0 spiro atoms. The molecular weight excluding hydrogens is 482 g/mol. The quantitative estimate of drug-likeness (QED) is 0.231. The lowest BCUT2D eigenvalue weighted by molar-refractivity contribution is 0.601. The molecule has 3 aromatic rings. The van der Waals surface area contributed by atoms with Gasteiger partial charge in [-0.25, -0.2) is 9.37 Å². The highest BCUT2D eigenvalue weighted by molar-refractivity contribution is 14.0. The fraction of sp³-hybridized carbons (Fsp3) is 0.286. The topological polar surface area (TPSA) is 78.0 Å². The largest absolute Gasteiger partial charge is 0.356 e. The second kappa shape index (κ2) is 10.8. The van der Waals surface area contributed by atoms with Gasteiger partial charge in [-0.2, -0.15) is 5.26 Å². The van der Waals surface area contributed by atoms with E-state index in [1.807, 2.05) is 31.2 Å². The molecule has 29 heavy (non-hydrogen) atoms. The average molecular weight is 506 g/mol. The Bertz CT molecular complexity index is 1040. The molecule has 0 bridgehead atoms. The fourth-order valence-corrected chi connectivity index (χ4v) is 3.08. The summed E-state index contributed by atoms with van der Waals surface area (Å²) in [5, 5.41) is 15.1. The van der Waals surface area contributed by atoms with Crippen molar-refractivity contribution >= 4 is 41.0 Å². The van der Waals surface area contributed by atoms with Crippen LogP contribution in [0.25, 0.3) is 11.0 Å². The molecule has 2 N–H and O–H groups in total. The minimum absolute atomic E-state index is 0. The maximum Gasteiger partial charge on any atom is 0.191 e. The smallest absolute Gasteiger partial charge is 0.191 e. The third kappa shape index (κ3) is 5.67. The third-order valence-electron chi connectivity index (χ3n) is 4.55. The van der Waals surface area contributed by atoms with E-state index in [9.17, 15) is 4.39 Å². The second-order valence-electron chi connectivity index (χ2n) is 6.42. The van der Waals surface area contributed by atoms with Crippen LogP contribution in [0.5, 0.6) is 0 Å². The van der Waals surface area contributed by atoms with Crippen molar-refractivity contribution in [3.8, 4) is 6.07 Å². The molecule has 6 nitrogen and oxygen atoms in total. The lowest BCUT2D eigenvalue weighted by Crippen LogP contribution is -2.37. The van der Waals surface area contributed by atoms with Crippen molar-refractivity contribution in [2.75, 3.05) is 13.6 Å². The maximum absolute atomic E-state index is 14.0. The van der Waals surface area contributed by atoms with Crippen molar-refractivity contribution < 1.29 is 4.39 Å². The molecule has 0 unspecified atom stereocenters. The summed E-state index contributed by atoms with van der Waals surface area (Å²) in [5.41, 5.74) is 2.95. The first-order valence-electron chi connectivity index (χ1n) is 9.17. The molecule has 0 saturated heterocycles. The van der Waals surface area contributed by atoms with Crippen LogP contribution in [-0.4, -0.2) is 29.1 Å². The predicted octanol–water partition coefficient (Wildman–Crippen LogP) is 3.73. The monoisotopic (exact) mass is 506 g/mol. The van der Waals surface area contributed by atoms with Crippen LogP contribution in [-0.2, 0) is 13.1 Å². The molecule has 0 fully saturated rings. The number of hydrogen-bond donors (Lipinski definition) is 2. The Labute approximate surface area is 186 Å². The molecule has 152 valence electrons. The highest BCUT2D eigenvalue weighted by Crippen LogP contribution is 2.15. The SMILES string of the molecule is CN=C(NCCCn1c(C)nc2ccccc21)NCc1ccc(C#N)cc1F.I. The van der Waals surface area contributed by atoms with Gasteiger partial charge >= 0.3 is 0 Å². The van der Waals surface area contributed by atoms with E-state index in [0.29, 0.717) is 23.6 Å². The molecule has 0 amide bonds. The molecule has 0 aliphatic heterocycles. The normalized spacial score (nSPS) is 11.0. The van der Waals surface area contributed by atoms with Crippen molar-refractivity contribution in [3.63, 3.8) is 0 Å². The molecule has 0 aliphatic rings. The van der Waals surface area contributed by atoms with Crippen LogP contribution in [0.3, 0.4) is 0 Å². The number of aromatic nitrogens is 2. The predicted molar refractivity (Wildman–Crippen MR) is 124 cm³/mol. The van der Waals surface area contributed by atoms with E-state index in [-0.39, 0.29) is 24.0 Å². The Balaban J connectivity index is 0.00000300. The highest BCUT2D eigenvalue weighted by atomic mass is 127. The number of para-hydroxylation sites is 2. The number of rotatable bonds is 6. The van der Waals surface area contributed by atoms with Crippen molar-refractivity contribution in [2.45, 2.75) is 26.4 Å². The zero-order valence-corrected chi connectivity index (χ0v) is 18.8. The van der Waals surface area contributed by atoms with E-state index < -0.39 is 5.82 Å².